The molecule has 0 fully saturated rings. The molecule has 0 bridgehead atoms. The van der Waals surface area contributed by atoms with Gasteiger partial charge in [-0.1, -0.05) is 12.1 Å². The monoisotopic (exact) mass is 385 g/mol. The molecular formula is C21H19N7O. The molecule has 8 heteroatoms. The Kier molecular flexibility index (Phi) is 4.09. The van der Waals surface area contributed by atoms with Crippen molar-refractivity contribution in [1.82, 2.24) is 34.9 Å². The average molecular weight is 385 g/mol. The van der Waals surface area contributed by atoms with Crippen molar-refractivity contribution in [3.63, 3.8) is 0 Å². The first-order valence-electron chi connectivity index (χ1n) is 9.21. The van der Waals surface area contributed by atoms with E-state index < -0.39 is 0 Å². The van der Waals surface area contributed by atoms with Crippen molar-refractivity contribution in [2.75, 3.05) is 7.11 Å². The van der Waals surface area contributed by atoms with E-state index in [0.717, 1.165) is 50.6 Å². The molecule has 0 amide bonds. The maximum Gasteiger partial charge on any atom is 0.156 e. The van der Waals surface area contributed by atoms with E-state index >= 15 is 0 Å². The molecule has 29 heavy (non-hydrogen) atoms. The topological polar surface area (TPSA) is 97.3 Å². The number of rotatable bonds is 5. The SMILES string of the molecule is COc1ccc(Cn2cc(-c3c[nH]c4ncc(-c5cn[nH]c5C)nc34)cn2)cc1. The molecule has 5 rings (SSSR count). The highest BCUT2D eigenvalue weighted by atomic mass is 16.5. The van der Waals surface area contributed by atoms with Crippen LogP contribution in [0, 0.1) is 6.92 Å². The summed E-state index contributed by atoms with van der Waals surface area (Å²) in [7, 11) is 1.66. The zero-order valence-corrected chi connectivity index (χ0v) is 16.0. The lowest BCUT2D eigenvalue weighted by Crippen LogP contribution is -1.99. The maximum atomic E-state index is 5.21. The van der Waals surface area contributed by atoms with Crippen LogP contribution in [0.15, 0.2) is 55.2 Å². The minimum atomic E-state index is 0.678. The Labute approximate surface area is 166 Å². The molecule has 0 atom stereocenters. The molecule has 0 spiro atoms. The molecule has 5 aromatic rings. The van der Waals surface area contributed by atoms with Gasteiger partial charge in [-0.15, -0.1) is 0 Å². The molecule has 0 aliphatic carbocycles. The maximum absolute atomic E-state index is 5.21. The molecule has 0 aliphatic rings. The van der Waals surface area contributed by atoms with Crippen molar-refractivity contribution >= 4 is 11.2 Å². The van der Waals surface area contributed by atoms with E-state index in [1.807, 2.05) is 54.5 Å². The zero-order chi connectivity index (χ0) is 19.8. The molecule has 4 heterocycles. The van der Waals surface area contributed by atoms with Crippen molar-refractivity contribution in [3.05, 3.63) is 66.5 Å². The van der Waals surface area contributed by atoms with E-state index in [9.17, 15) is 0 Å². The number of aromatic amines is 2. The van der Waals surface area contributed by atoms with Crippen LogP contribution < -0.4 is 4.74 Å². The zero-order valence-electron chi connectivity index (χ0n) is 16.0. The predicted octanol–water partition coefficient (Wildman–Crippen LogP) is 3.58. The van der Waals surface area contributed by atoms with Crippen LogP contribution in [0.3, 0.4) is 0 Å². The number of methoxy groups -OCH3 is 1. The second kappa shape index (κ2) is 6.90. The number of ether oxygens (including phenoxy) is 1. The van der Waals surface area contributed by atoms with Gasteiger partial charge in [0.1, 0.15) is 11.3 Å². The summed E-state index contributed by atoms with van der Waals surface area (Å²) in [5.74, 6) is 0.843. The summed E-state index contributed by atoms with van der Waals surface area (Å²) in [6.45, 7) is 2.65. The number of nitrogens with zero attached hydrogens (tertiary/aromatic N) is 5. The number of H-pyrrole nitrogens is 2. The van der Waals surface area contributed by atoms with Crippen molar-refractivity contribution in [3.8, 4) is 28.1 Å². The highest BCUT2D eigenvalue weighted by Gasteiger charge is 2.14. The summed E-state index contributed by atoms with van der Waals surface area (Å²) in [6, 6.07) is 7.98. The summed E-state index contributed by atoms with van der Waals surface area (Å²) >= 11 is 0. The van der Waals surface area contributed by atoms with Gasteiger partial charge in [0.05, 0.1) is 37.9 Å². The van der Waals surface area contributed by atoms with Gasteiger partial charge in [0, 0.05) is 34.8 Å². The number of nitrogens with one attached hydrogen (secondary N) is 2. The Hall–Kier alpha value is -3.94. The van der Waals surface area contributed by atoms with Gasteiger partial charge in [-0.25, -0.2) is 9.97 Å². The number of aryl methyl sites for hydroxylation is 1. The summed E-state index contributed by atoms with van der Waals surface area (Å²) < 4.78 is 7.12. The van der Waals surface area contributed by atoms with Gasteiger partial charge in [0.15, 0.2) is 5.65 Å². The van der Waals surface area contributed by atoms with Gasteiger partial charge in [-0.3, -0.25) is 9.78 Å². The van der Waals surface area contributed by atoms with Gasteiger partial charge in [-0.2, -0.15) is 10.2 Å². The second-order valence-electron chi connectivity index (χ2n) is 6.84. The van der Waals surface area contributed by atoms with E-state index in [1.165, 1.54) is 0 Å². The molecule has 2 N–H and O–H groups in total. The smallest absolute Gasteiger partial charge is 0.156 e. The van der Waals surface area contributed by atoms with E-state index in [0.29, 0.717) is 6.54 Å². The van der Waals surface area contributed by atoms with Crippen LogP contribution in [-0.4, -0.2) is 42.0 Å². The third-order valence-electron chi connectivity index (χ3n) is 4.93. The summed E-state index contributed by atoms with van der Waals surface area (Å²) in [5.41, 5.74) is 7.36. The number of hydrogen-bond acceptors (Lipinski definition) is 5. The van der Waals surface area contributed by atoms with Crippen molar-refractivity contribution in [2.45, 2.75) is 13.5 Å². The number of benzene rings is 1. The largest absolute Gasteiger partial charge is 0.497 e. The molecule has 0 aliphatic heterocycles. The highest BCUT2D eigenvalue weighted by Crippen LogP contribution is 2.28. The Morgan fingerprint density at radius 3 is 2.69 bits per heavy atom. The minimum absolute atomic E-state index is 0.678. The third kappa shape index (κ3) is 3.14. The van der Waals surface area contributed by atoms with E-state index in [4.69, 9.17) is 9.72 Å². The fraction of sp³-hybridized carbons (Fsp3) is 0.143. The van der Waals surface area contributed by atoms with Crippen molar-refractivity contribution in [1.29, 1.82) is 0 Å². The minimum Gasteiger partial charge on any atom is -0.497 e. The molecular weight excluding hydrogens is 366 g/mol. The molecule has 0 unspecified atom stereocenters. The Morgan fingerprint density at radius 2 is 1.93 bits per heavy atom. The lowest BCUT2D eigenvalue weighted by molar-refractivity contribution is 0.414. The fourth-order valence-electron chi connectivity index (χ4n) is 3.36. The molecule has 0 radical (unpaired) electrons. The number of fused-ring (bicyclic) bond motifs is 1. The average Bonchev–Trinajstić information content (AvgIpc) is 3.47. The summed E-state index contributed by atoms with van der Waals surface area (Å²) in [4.78, 5) is 12.5. The van der Waals surface area contributed by atoms with E-state index in [1.54, 1.807) is 19.5 Å². The molecule has 144 valence electrons. The fourth-order valence-corrected chi connectivity index (χ4v) is 3.36. The molecule has 0 saturated carbocycles. The molecule has 4 aromatic heterocycles. The summed E-state index contributed by atoms with van der Waals surface area (Å²) in [5, 5.41) is 11.5. The van der Waals surface area contributed by atoms with E-state index in [2.05, 4.69) is 25.3 Å². The Balaban J connectivity index is 1.47. The lowest BCUT2D eigenvalue weighted by atomic mass is 10.1. The van der Waals surface area contributed by atoms with Gasteiger partial charge in [-0.05, 0) is 24.6 Å². The van der Waals surface area contributed by atoms with Gasteiger partial charge in [0.25, 0.3) is 0 Å². The number of aromatic nitrogens is 7. The normalized spacial score (nSPS) is 11.2. The lowest BCUT2D eigenvalue weighted by Gasteiger charge is -2.03. The number of hydrogen-bond donors (Lipinski definition) is 2. The summed E-state index contributed by atoms with van der Waals surface area (Å²) in [6.07, 6.45) is 9.32. The van der Waals surface area contributed by atoms with Crippen LogP contribution in [0.2, 0.25) is 0 Å². The molecule has 0 saturated heterocycles. The first-order chi connectivity index (χ1) is 14.2. The first-order valence-corrected chi connectivity index (χ1v) is 9.21. The van der Waals surface area contributed by atoms with Crippen LogP contribution >= 0.6 is 0 Å². The van der Waals surface area contributed by atoms with Gasteiger partial charge >= 0.3 is 0 Å². The molecule has 1 aromatic carbocycles. The van der Waals surface area contributed by atoms with E-state index in [-0.39, 0.29) is 0 Å². The highest BCUT2D eigenvalue weighted by molar-refractivity contribution is 5.91. The predicted molar refractivity (Wildman–Crippen MR) is 110 cm³/mol. The Bertz CT molecular complexity index is 1280. The standard InChI is InChI=1S/C21H19N7O/c1-13-17(9-24-27-13)19-10-23-21-20(26-19)18(8-22-21)15-7-25-28(12-15)11-14-3-5-16(29-2)6-4-14/h3-10,12H,11H2,1-2H3,(H,22,23)(H,24,27). The van der Waals surface area contributed by atoms with Crippen LogP contribution in [0.5, 0.6) is 5.75 Å². The quantitative estimate of drug-likeness (QED) is 0.482. The van der Waals surface area contributed by atoms with Crippen LogP contribution in [-0.2, 0) is 6.54 Å². The molecule has 8 nitrogen and oxygen atoms in total. The van der Waals surface area contributed by atoms with Crippen molar-refractivity contribution in [2.24, 2.45) is 0 Å². The van der Waals surface area contributed by atoms with Gasteiger partial charge < -0.3 is 9.72 Å². The van der Waals surface area contributed by atoms with Crippen molar-refractivity contribution < 1.29 is 4.74 Å². The second-order valence-corrected chi connectivity index (χ2v) is 6.84. The van der Waals surface area contributed by atoms with Crippen LogP contribution in [0.1, 0.15) is 11.3 Å². The third-order valence-corrected chi connectivity index (χ3v) is 4.93. The van der Waals surface area contributed by atoms with Crippen LogP contribution in [0.25, 0.3) is 33.5 Å². The Morgan fingerprint density at radius 1 is 1.07 bits per heavy atom. The van der Waals surface area contributed by atoms with Crippen LogP contribution in [0.4, 0.5) is 0 Å². The first kappa shape index (κ1) is 17.2. The van der Waals surface area contributed by atoms with Gasteiger partial charge in [0.2, 0.25) is 0 Å².